The molecule has 8 heteroatoms. The number of hydrogen-bond donors (Lipinski definition) is 1. The summed E-state index contributed by atoms with van der Waals surface area (Å²) in [5, 5.41) is 2.80. The zero-order chi connectivity index (χ0) is 23.9. The second-order valence-electron chi connectivity index (χ2n) is 9.19. The van der Waals surface area contributed by atoms with Crippen LogP contribution in [-0.2, 0) is 16.1 Å². The predicted octanol–water partition coefficient (Wildman–Crippen LogP) is 2.03. The molecule has 34 heavy (non-hydrogen) atoms. The zero-order valence-corrected chi connectivity index (χ0v) is 19.9. The third-order valence-corrected chi connectivity index (χ3v) is 6.70. The Labute approximate surface area is 201 Å². The van der Waals surface area contributed by atoms with Gasteiger partial charge >= 0.3 is 0 Å². The number of halogens is 1. The molecule has 0 unspecified atom stereocenters. The quantitative estimate of drug-likeness (QED) is 0.676. The number of aryl methyl sites for hydroxylation is 1. The molecule has 2 aliphatic heterocycles. The highest BCUT2D eigenvalue weighted by atomic mass is 19.1. The van der Waals surface area contributed by atoms with Gasteiger partial charge in [-0.3, -0.25) is 24.3 Å². The second kappa shape index (κ2) is 11.6. The topological polar surface area (TPSA) is 59.1 Å². The van der Waals surface area contributed by atoms with E-state index in [1.54, 1.807) is 12.1 Å². The highest BCUT2D eigenvalue weighted by Crippen LogP contribution is 2.13. The van der Waals surface area contributed by atoms with E-state index < -0.39 is 0 Å². The van der Waals surface area contributed by atoms with Crippen molar-refractivity contribution in [2.24, 2.45) is 0 Å². The first kappa shape index (κ1) is 24.3. The van der Waals surface area contributed by atoms with E-state index in [1.165, 1.54) is 23.3 Å². The summed E-state index contributed by atoms with van der Waals surface area (Å²) < 4.78 is 13.0. The zero-order valence-electron chi connectivity index (χ0n) is 19.9. The van der Waals surface area contributed by atoms with Crippen LogP contribution in [0.25, 0.3) is 0 Å². The third kappa shape index (κ3) is 6.85. The van der Waals surface area contributed by atoms with Crippen molar-refractivity contribution >= 4 is 17.5 Å². The molecule has 0 aromatic heterocycles. The summed E-state index contributed by atoms with van der Waals surface area (Å²) in [6.07, 6.45) is 0. The highest BCUT2D eigenvalue weighted by molar-refractivity contribution is 5.92. The fraction of sp³-hybridized carbons (Fsp3) is 0.462. The third-order valence-electron chi connectivity index (χ3n) is 6.70. The number of nitrogens with one attached hydrogen (secondary N) is 1. The number of benzene rings is 2. The van der Waals surface area contributed by atoms with Crippen LogP contribution in [0.4, 0.5) is 10.1 Å². The van der Waals surface area contributed by atoms with Gasteiger partial charge in [0.1, 0.15) is 5.82 Å². The molecular formula is C26H34FN5O2. The van der Waals surface area contributed by atoms with Crippen LogP contribution in [-0.4, -0.2) is 96.9 Å². The molecule has 2 amide bonds. The molecule has 2 fully saturated rings. The second-order valence-corrected chi connectivity index (χ2v) is 9.19. The predicted molar refractivity (Wildman–Crippen MR) is 131 cm³/mol. The average Bonchev–Trinajstić information content (AvgIpc) is 2.84. The fourth-order valence-electron chi connectivity index (χ4n) is 4.52. The van der Waals surface area contributed by atoms with Crippen molar-refractivity contribution in [2.45, 2.75) is 13.5 Å². The summed E-state index contributed by atoms with van der Waals surface area (Å²) in [6.45, 7) is 10.2. The van der Waals surface area contributed by atoms with Crippen LogP contribution in [0.5, 0.6) is 0 Å². The van der Waals surface area contributed by atoms with Crippen LogP contribution in [0.1, 0.15) is 11.1 Å². The van der Waals surface area contributed by atoms with Crippen LogP contribution >= 0.6 is 0 Å². The van der Waals surface area contributed by atoms with Gasteiger partial charge in [-0.15, -0.1) is 0 Å². The van der Waals surface area contributed by atoms with Crippen molar-refractivity contribution in [1.29, 1.82) is 0 Å². The highest BCUT2D eigenvalue weighted by Gasteiger charge is 2.25. The van der Waals surface area contributed by atoms with Crippen molar-refractivity contribution in [1.82, 2.24) is 19.6 Å². The van der Waals surface area contributed by atoms with E-state index in [0.717, 1.165) is 58.9 Å². The first-order valence-electron chi connectivity index (χ1n) is 12.0. The van der Waals surface area contributed by atoms with E-state index in [2.05, 4.69) is 51.2 Å². The van der Waals surface area contributed by atoms with Crippen molar-refractivity contribution in [3.63, 3.8) is 0 Å². The van der Waals surface area contributed by atoms with Crippen LogP contribution in [0.3, 0.4) is 0 Å². The summed E-state index contributed by atoms with van der Waals surface area (Å²) in [7, 11) is 0. The summed E-state index contributed by atoms with van der Waals surface area (Å²) in [5.74, 6) is -0.245. The number of rotatable bonds is 7. The average molecular weight is 468 g/mol. The summed E-state index contributed by atoms with van der Waals surface area (Å²) in [4.78, 5) is 33.8. The van der Waals surface area contributed by atoms with Crippen molar-refractivity contribution in [3.05, 3.63) is 65.5 Å². The number of piperazine rings is 2. The van der Waals surface area contributed by atoms with Crippen LogP contribution < -0.4 is 5.32 Å². The van der Waals surface area contributed by atoms with Gasteiger partial charge in [0.15, 0.2) is 0 Å². The Balaban J connectivity index is 1.14. The molecule has 7 nitrogen and oxygen atoms in total. The Morgan fingerprint density at radius 3 is 2.03 bits per heavy atom. The number of amides is 2. The van der Waals surface area contributed by atoms with E-state index >= 15 is 0 Å². The molecule has 182 valence electrons. The molecule has 0 aliphatic carbocycles. The van der Waals surface area contributed by atoms with Gasteiger partial charge in [0.2, 0.25) is 11.8 Å². The monoisotopic (exact) mass is 467 g/mol. The van der Waals surface area contributed by atoms with E-state index in [4.69, 9.17) is 0 Å². The molecule has 2 aromatic rings. The molecule has 4 rings (SSSR count). The number of anilines is 1. The normalized spacial score (nSPS) is 18.1. The number of carbonyl (C=O) groups excluding carboxylic acids is 2. The van der Waals surface area contributed by atoms with E-state index in [1.807, 2.05) is 4.90 Å². The maximum atomic E-state index is 13.0. The van der Waals surface area contributed by atoms with Crippen LogP contribution in [0, 0.1) is 12.7 Å². The van der Waals surface area contributed by atoms with Gasteiger partial charge in [-0.05, 0) is 42.3 Å². The van der Waals surface area contributed by atoms with Gasteiger partial charge in [-0.2, -0.15) is 0 Å². The van der Waals surface area contributed by atoms with Gasteiger partial charge in [0.25, 0.3) is 0 Å². The number of carbonyl (C=O) groups is 2. The lowest BCUT2D eigenvalue weighted by Gasteiger charge is -2.38. The Hall–Kier alpha value is -2.81. The van der Waals surface area contributed by atoms with E-state index in [9.17, 15) is 14.0 Å². The van der Waals surface area contributed by atoms with Gasteiger partial charge < -0.3 is 10.2 Å². The lowest BCUT2D eigenvalue weighted by atomic mass is 10.1. The van der Waals surface area contributed by atoms with Crippen LogP contribution in [0.2, 0.25) is 0 Å². The maximum absolute atomic E-state index is 13.0. The van der Waals surface area contributed by atoms with Gasteiger partial charge in [0, 0.05) is 64.6 Å². The molecule has 0 atom stereocenters. The Kier molecular flexibility index (Phi) is 8.26. The number of nitrogens with zero attached hydrogens (tertiary/aromatic N) is 4. The molecule has 0 radical (unpaired) electrons. The Morgan fingerprint density at radius 1 is 0.794 bits per heavy atom. The molecule has 0 saturated carbocycles. The molecule has 2 heterocycles. The maximum Gasteiger partial charge on any atom is 0.238 e. The van der Waals surface area contributed by atoms with Crippen molar-refractivity contribution in [2.75, 3.05) is 70.8 Å². The summed E-state index contributed by atoms with van der Waals surface area (Å²) in [6, 6.07) is 14.2. The minimum atomic E-state index is -0.326. The molecule has 2 saturated heterocycles. The standard InChI is InChI=1S/C26H34FN5O2/c1-21-4-2-3-5-22(21)18-29-14-16-32(17-15-29)26(34)20-31-12-10-30(11-13-31)19-25(33)28-24-8-6-23(27)7-9-24/h2-9H,10-20H2,1H3,(H,28,33). The summed E-state index contributed by atoms with van der Waals surface area (Å²) in [5.41, 5.74) is 3.26. The molecule has 1 N–H and O–H groups in total. The van der Waals surface area contributed by atoms with E-state index in [-0.39, 0.29) is 17.6 Å². The molecule has 2 aromatic carbocycles. The Bertz CT molecular complexity index is 967. The largest absolute Gasteiger partial charge is 0.339 e. The first-order chi connectivity index (χ1) is 16.5. The summed E-state index contributed by atoms with van der Waals surface area (Å²) >= 11 is 0. The lowest BCUT2D eigenvalue weighted by molar-refractivity contribution is -0.135. The van der Waals surface area contributed by atoms with Gasteiger partial charge in [0.05, 0.1) is 13.1 Å². The Morgan fingerprint density at radius 2 is 1.38 bits per heavy atom. The molecule has 0 spiro atoms. The van der Waals surface area contributed by atoms with Crippen molar-refractivity contribution in [3.8, 4) is 0 Å². The van der Waals surface area contributed by atoms with Gasteiger partial charge in [-0.25, -0.2) is 4.39 Å². The number of hydrogen-bond acceptors (Lipinski definition) is 5. The molecule has 0 bridgehead atoms. The minimum absolute atomic E-state index is 0.111. The lowest BCUT2D eigenvalue weighted by Crippen LogP contribution is -2.54. The smallest absolute Gasteiger partial charge is 0.238 e. The SMILES string of the molecule is Cc1ccccc1CN1CCN(C(=O)CN2CCN(CC(=O)Nc3ccc(F)cc3)CC2)CC1. The van der Waals surface area contributed by atoms with E-state index in [0.29, 0.717) is 18.8 Å². The van der Waals surface area contributed by atoms with Crippen LogP contribution in [0.15, 0.2) is 48.5 Å². The molecular weight excluding hydrogens is 433 g/mol. The minimum Gasteiger partial charge on any atom is -0.339 e. The van der Waals surface area contributed by atoms with Gasteiger partial charge in [-0.1, -0.05) is 24.3 Å². The molecule has 2 aliphatic rings. The van der Waals surface area contributed by atoms with Crippen molar-refractivity contribution < 1.29 is 14.0 Å². The fourth-order valence-corrected chi connectivity index (χ4v) is 4.52. The first-order valence-corrected chi connectivity index (χ1v) is 12.0.